The second kappa shape index (κ2) is 6.99. The first kappa shape index (κ1) is 15.2. The number of rotatable bonds is 5. The van der Waals surface area contributed by atoms with E-state index in [1.165, 1.54) is 5.75 Å². The monoisotopic (exact) mass is 300 g/mol. The van der Waals surface area contributed by atoms with Crippen molar-refractivity contribution in [3.63, 3.8) is 0 Å². The van der Waals surface area contributed by atoms with E-state index >= 15 is 0 Å². The highest BCUT2D eigenvalue weighted by Crippen LogP contribution is 2.37. The molecule has 1 fully saturated rings. The van der Waals surface area contributed by atoms with Crippen LogP contribution in [0.3, 0.4) is 0 Å². The number of aromatic nitrogens is 3. The Balaban J connectivity index is 1.99. The van der Waals surface area contributed by atoms with Crippen LogP contribution in [0.2, 0.25) is 0 Å². The lowest BCUT2D eigenvalue weighted by molar-refractivity contribution is 0.515. The zero-order valence-corrected chi connectivity index (χ0v) is 13.8. The molecule has 1 saturated heterocycles. The second-order valence-electron chi connectivity index (χ2n) is 5.17. The van der Waals surface area contributed by atoms with Gasteiger partial charge in [0, 0.05) is 47.2 Å². The summed E-state index contributed by atoms with van der Waals surface area (Å²) < 4.78 is 1.78. The number of nitrogens with one attached hydrogen (secondary N) is 1. The molecule has 4 unspecified atom stereocenters. The summed E-state index contributed by atoms with van der Waals surface area (Å²) in [5.74, 6) is 1.23. The van der Waals surface area contributed by atoms with Crippen LogP contribution in [0.15, 0.2) is 6.20 Å². The van der Waals surface area contributed by atoms with E-state index in [2.05, 4.69) is 59.9 Å². The normalized spacial score (nSPS) is 29.4. The van der Waals surface area contributed by atoms with Crippen molar-refractivity contribution in [2.24, 2.45) is 7.05 Å². The van der Waals surface area contributed by atoms with Crippen molar-refractivity contribution >= 4 is 23.5 Å². The van der Waals surface area contributed by atoms with Crippen LogP contribution < -0.4 is 5.32 Å². The minimum absolute atomic E-state index is 0.495. The molecule has 2 rings (SSSR count). The van der Waals surface area contributed by atoms with Crippen molar-refractivity contribution in [3.8, 4) is 0 Å². The first-order valence-electron chi connectivity index (χ1n) is 6.95. The van der Waals surface area contributed by atoms with Gasteiger partial charge in [0.25, 0.3) is 0 Å². The van der Waals surface area contributed by atoms with Crippen molar-refractivity contribution in [3.05, 3.63) is 11.9 Å². The Morgan fingerprint density at radius 1 is 1.47 bits per heavy atom. The molecule has 4 nitrogen and oxygen atoms in total. The lowest BCUT2D eigenvalue weighted by atomic mass is 10.1. The van der Waals surface area contributed by atoms with Gasteiger partial charge in [0.2, 0.25) is 0 Å². The molecule has 0 bridgehead atoms. The van der Waals surface area contributed by atoms with Crippen molar-refractivity contribution in [1.29, 1.82) is 0 Å². The Bertz CT molecular complexity index is 396. The van der Waals surface area contributed by atoms with E-state index in [0.29, 0.717) is 11.3 Å². The lowest BCUT2D eigenvalue weighted by Crippen LogP contribution is -2.44. The SMILES string of the molecule is CCNC(Cc1cn(C)nn1)C1CSC(C)C(C)S1. The van der Waals surface area contributed by atoms with Gasteiger partial charge in [-0.3, -0.25) is 4.68 Å². The number of hydrogen-bond acceptors (Lipinski definition) is 5. The zero-order chi connectivity index (χ0) is 13.8. The van der Waals surface area contributed by atoms with Gasteiger partial charge in [0.1, 0.15) is 0 Å². The third kappa shape index (κ3) is 4.13. The molecule has 4 atom stereocenters. The molecule has 1 aliphatic heterocycles. The molecule has 19 heavy (non-hydrogen) atoms. The molecule has 1 aromatic rings. The fourth-order valence-corrected chi connectivity index (χ4v) is 5.46. The van der Waals surface area contributed by atoms with E-state index in [9.17, 15) is 0 Å². The number of hydrogen-bond donors (Lipinski definition) is 1. The van der Waals surface area contributed by atoms with Crippen molar-refractivity contribution in [1.82, 2.24) is 20.3 Å². The summed E-state index contributed by atoms with van der Waals surface area (Å²) in [5.41, 5.74) is 1.09. The summed E-state index contributed by atoms with van der Waals surface area (Å²) in [4.78, 5) is 0. The fraction of sp³-hybridized carbons (Fsp3) is 0.846. The van der Waals surface area contributed by atoms with Gasteiger partial charge in [0.15, 0.2) is 0 Å². The van der Waals surface area contributed by atoms with Gasteiger partial charge >= 0.3 is 0 Å². The van der Waals surface area contributed by atoms with E-state index < -0.39 is 0 Å². The summed E-state index contributed by atoms with van der Waals surface area (Å²) in [6.45, 7) is 7.87. The molecular formula is C13H24N4S2. The highest BCUT2D eigenvalue weighted by Gasteiger charge is 2.31. The van der Waals surface area contributed by atoms with Crippen molar-refractivity contribution in [2.45, 2.75) is 49.0 Å². The van der Waals surface area contributed by atoms with E-state index in [0.717, 1.165) is 29.2 Å². The number of thioether (sulfide) groups is 2. The van der Waals surface area contributed by atoms with Gasteiger partial charge in [-0.15, -0.1) is 5.10 Å². The Morgan fingerprint density at radius 2 is 2.26 bits per heavy atom. The predicted octanol–water partition coefficient (Wildman–Crippen LogP) is 1.96. The first-order valence-corrected chi connectivity index (χ1v) is 8.95. The van der Waals surface area contributed by atoms with E-state index in [4.69, 9.17) is 0 Å². The standard InChI is InChI=1S/C13H24N4S2/c1-5-14-12(6-11-7-17(4)16-15-11)13-8-18-9(2)10(3)19-13/h7,9-10,12-14H,5-6,8H2,1-4H3. The van der Waals surface area contributed by atoms with Crippen LogP contribution in [-0.2, 0) is 13.5 Å². The Labute approximate surface area is 124 Å². The molecule has 0 amide bonds. The minimum Gasteiger partial charge on any atom is -0.313 e. The number of nitrogens with zero attached hydrogens (tertiary/aromatic N) is 3. The Kier molecular flexibility index (Phi) is 5.59. The average molecular weight is 300 g/mol. The summed E-state index contributed by atoms with van der Waals surface area (Å²) in [7, 11) is 1.92. The molecule has 0 aliphatic carbocycles. The highest BCUT2D eigenvalue weighted by molar-refractivity contribution is 8.07. The van der Waals surface area contributed by atoms with Crippen molar-refractivity contribution in [2.75, 3.05) is 12.3 Å². The summed E-state index contributed by atoms with van der Waals surface area (Å²) in [5, 5.41) is 14.0. The number of likely N-dealkylation sites (N-methyl/N-ethyl adjacent to an activating group) is 1. The maximum atomic E-state index is 4.22. The minimum atomic E-state index is 0.495. The van der Waals surface area contributed by atoms with Crippen LogP contribution in [0, 0.1) is 0 Å². The summed E-state index contributed by atoms with van der Waals surface area (Å²) in [6, 6.07) is 0.495. The topological polar surface area (TPSA) is 42.7 Å². The van der Waals surface area contributed by atoms with Gasteiger partial charge in [-0.25, -0.2) is 0 Å². The van der Waals surface area contributed by atoms with E-state index in [1.807, 2.05) is 13.2 Å². The molecule has 6 heteroatoms. The molecule has 0 radical (unpaired) electrons. The van der Waals surface area contributed by atoms with Crippen LogP contribution in [0.5, 0.6) is 0 Å². The van der Waals surface area contributed by atoms with Crippen LogP contribution in [0.1, 0.15) is 26.5 Å². The maximum absolute atomic E-state index is 4.22. The molecule has 1 aromatic heterocycles. The van der Waals surface area contributed by atoms with Gasteiger partial charge in [-0.1, -0.05) is 26.0 Å². The van der Waals surface area contributed by atoms with Gasteiger partial charge in [-0.2, -0.15) is 23.5 Å². The Morgan fingerprint density at radius 3 is 2.84 bits per heavy atom. The van der Waals surface area contributed by atoms with Crippen LogP contribution in [0.25, 0.3) is 0 Å². The first-order chi connectivity index (χ1) is 9.10. The zero-order valence-electron chi connectivity index (χ0n) is 12.2. The molecule has 108 valence electrons. The third-order valence-corrected chi connectivity index (χ3v) is 7.12. The van der Waals surface area contributed by atoms with E-state index in [-0.39, 0.29) is 0 Å². The van der Waals surface area contributed by atoms with Gasteiger partial charge < -0.3 is 5.32 Å². The molecular weight excluding hydrogens is 276 g/mol. The molecule has 1 N–H and O–H groups in total. The molecule has 0 spiro atoms. The Hall–Kier alpha value is -0.200. The van der Waals surface area contributed by atoms with Crippen LogP contribution >= 0.6 is 23.5 Å². The number of aryl methyl sites for hydroxylation is 1. The highest BCUT2D eigenvalue weighted by atomic mass is 32.2. The molecule has 2 heterocycles. The quantitative estimate of drug-likeness (QED) is 0.900. The smallest absolute Gasteiger partial charge is 0.0842 e. The molecule has 0 aromatic carbocycles. The largest absolute Gasteiger partial charge is 0.313 e. The summed E-state index contributed by atoms with van der Waals surface area (Å²) in [6.07, 6.45) is 3.00. The third-order valence-electron chi connectivity index (χ3n) is 3.57. The predicted molar refractivity (Wildman–Crippen MR) is 84.9 cm³/mol. The second-order valence-corrected chi connectivity index (χ2v) is 8.20. The van der Waals surface area contributed by atoms with Gasteiger partial charge in [-0.05, 0) is 6.54 Å². The van der Waals surface area contributed by atoms with Crippen LogP contribution in [-0.4, -0.2) is 49.1 Å². The van der Waals surface area contributed by atoms with E-state index in [1.54, 1.807) is 4.68 Å². The average Bonchev–Trinajstić information content (AvgIpc) is 2.78. The molecule has 0 saturated carbocycles. The maximum Gasteiger partial charge on any atom is 0.0842 e. The van der Waals surface area contributed by atoms with Crippen molar-refractivity contribution < 1.29 is 0 Å². The fourth-order valence-electron chi connectivity index (χ4n) is 2.33. The van der Waals surface area contributed by atoms with Gasteiger partial charge in [0.05, 0.1) is 5.69 Å². The van der Waals surface area contributed by atoms with Crippen LogP contribution in [0.4, 0.5) is 0 Å². The molecule has 1 aliphatic rings. The lowest BCUT2D eigenvalue weighted by Gasteiger charge is -2.36. The summed E-state index contributed by atoms with van der Waals surface area (Å²) >= 11 is 4.23.